The minimum absolute atomic E-state index is 0.216. The number of ether oxygens (including phenoxy) is 1. The van der Waals surface area contributed by atoms with Crippen molar-refractivity contribution in [1.82, 2.24) is 19.5 Å². The van der Waals surface area contributed by atoms with Gasteiger partial charge in [-0.05, 0) is 10.9 Å². The number of hydrogen-bond acceptors (Lipinski definition) is 9. The number of imidazole rings is 1. The second-order valence-corrected chi connectivity index (χ2v) is 8.82. The molecule has 3 rings (SSSR count). The van der Waals surface area contributed by atoms with E-state index in [4.69, 9.17) is 21.3 Å². The number of anilines is 1. The lowest BCUT2D eigenvalue weighted by molar-refractivity contribution is -0.138. The summed E-state index contributed by atoms with van der Waals surface area (Å²) in [5, 5.41) is 29.7. The van der Waals surface area contributed by atoms with Gasteiger partial charge in [0.25, 0.3) is 0 Å². The SMILES string of the molecule is C[S+](CCC(N)C(=O)O)CC1O[C@@H](n2cnc3c(N)ncnc32)C(O)C1O. The Morgan fingerprint density at radius 1 is 1.37 bits per heavy atom. The maximum Gasteiger partial charge on any atom is 0.320 e. The van der Waals surface area contributed by atoms with E-state index in [1.54, 1.807) is 0 Å². The van der Waals surface area contributed by atoms with Crippen molar-refractivity contribution in [1.29, 1.82) is 0 Å². The zero-order valence-electron chi connectivity index (χ0n) is 14.7. The summed E-state index contributed by atoms with van der Waals surface area (Å²) in [5.41, 5.74) is 12.1. The van der Waals surface area contributed by atoms with E-state index in [9.17, 15) is 15.0 Å². The molecule has 6 atom stereocenters. The van der Waals surface area contributed by atoms with Crippen LogP contribution in [0.15, 0.2) is 12.7 Å². The number of nitrogens with zero attached hydrogens (tertiary/aromatic N) is 4. The first-order chi connectivity index (χ1) is 12.8. The van der Waals surface area contributed by atoms with Crippen LogP contribution in [0, 0.1) is 0 Å². The molecule has 1 fully saturated rings. The molecule has 2 aromatic heterocycles. The number of aliphatic hydroxyl groups excluding tert-OH is 2. The molecular formula is C15H23N6O5S+. The van der Waals surface area contributed by atoms with E-state index < -0.39 is 36.6 Å². The van der Waals surface area contributed by atoms with Crippen molar-refractivity contribution in [3.63, 3.8) is 0 Å². The van der Waals surface area contributed by atoms with Gasteiger partial charge in [0.1, 0.15) is 47.7 Å². The summed E-state index contributed by atoms with van der Waals surface area (Å²) in [6.45, 7) is 0. The fourth-order valence-electron chi connectivity index (χ4n) is 2.97. The molecule has 27 heavy (non-hydrogen) atoms. The van der Waals surface area contributed by atoms with Gasteiger partial charge in [0.2, 0.25) is 0 Å². The molecule has 0 bridgehead atoms. The second-order valence-electron chi connectivity index (χ2n) is 6.51. The fraction of sp³-hybridized carbons (Fsp3) is 0.600. The molecule has 7 N–H and O–H groups in total. The van der Waals surface area contributed by atoms with Crippen LogP contribution in [-0.4, -0.2) is 82.9 Å². The third-order valence-electron chi connectivity index (χ3n) is 4.54. The maximum atomic E-state index is 10.8. The summed E-state index contributed by atoms with van der Waals surface area (Å²) in [7, 11) is -0.235. The van der Waals surface area contributed by atoms with Crippen LogP contribution in [-0.2, 0) is 20.4 Å². The van der Waals surface area contributed by atoms with E-state index in [-0.39, 0.29) is 16.7 Å². The molecule has 5 unspecified atom stereocenters. The Bertz CT molecular complexity index is 819. The summed E-state index contributed by atoms with van der Waals surface area (Å²) in [6.07, 6.45) is 1.31. The molecule has 148 valence electrons. The molecule has 0 radical (unpaired) electrons. The fourth-order valence-corrected chi connectivity index (χ4v) is 4.63. The Hall–Kier alpha value is -1.99. The van der Waals surface area contributed by atoms with Crippen LogP contribution < -0.4 is 11.5 Å². The van der Waals surface area contributed by atoms with Crippen molar-refractivity contribution >= 4 is 33.8 Å². The highest BCUT2D eigenvalue weighted by Crippen LogP contribution is 2.32. The van der Waals surface area contributed by atoms with E-state index in [1.165, 1.54) is 17.2 Å². The zero-order valence-corrected chi connectivity index (χ0v) is 15.5. The number of aliphatic carboxylic acids is 1. The molecule has 0 aliphatic carbocycles. The highest BCUT2D eigenvalue weighted by atomic mass is 32.2. The van der Waals surface area contributed by atoms with Crippen LogP contribution >= 0.6 is 0 Å². The number of hydrogen-bond donors (Lipinski definition) is 5. The van der Waals surface area contributed by atoms with Gasteiger partial charge in [-0.2, -0.15) is 0 Å². The monoisotopic (exact) mass is 399 g/mol. The minimum atomic E-state index is -1.16. The number of nitrogens with two attached hydrogens (primary N) is 2. The van der Waals surface area contributed by atoms with Crippen molar-refractivity contribution < 1.29 is 24.9 Å². The zero-order chi connectivity index (χ0) is 19.7. The molecule has 12 heteroatoms. The van der Waals surface area contributed by atoms with Crippen LogP contribution in [0.2, 0.25) is 0 Å². The molecular weight excluding hydrogens is 376 g/mol. The number of carboxylic acids is 1. The molecule has 0 aromatic carbocycles. The minimum Gasteiger partial charge on any atom is -0.480 e. The predicted octanol–water partition coefficient (Wildman–Crippen LogP) is -1.92. The summed E-state index contributed by atoms with van der Waals surface area (Å²) < 4.78 is 7.41. The number of carboxylic acid groups (broad SMARTS) is 1. The topological polar surface area (TPSA) is 183 Å². The summed E-state index contributed by atoms with van der Waals surface area (Å²) in [5.74, 6) is 0.254. The lowest BCUT2D eigenvalue weighted by atomic mass is 10.1. The average Bonchev–Trinajstić information content (AvgIpc) is 3.17. The highest BCUT2D eigenvalue weighted by Gasteiger charge is 2.46. The van der Waals surface area contributed by atoms with E-state index in [0.29, 0.717) is 29.1 Å². The van der Waals surface area contributed by atoms with Gasteiger partial charge in [0.15, 0.2) is 17.7 Å². The van der Waals surface area contributed by atoms with Gasteiger partial charge in [-0.1, -0.05) is 0 Å². The Kier molecular flexibility index (Phi) is 5.81. The van der Waals surface area contributed by atoms with Gasteiger partial charge in [0.05, 0.1) is 12.6 Å². The van der Waals surface area contributed by atoms with Gasteiger partial charge < -0.3 is 31.5 Å². The summed E-state index contributed by atoms with van der Waals surface area (Å²) >= 11 is 0. The van der Waals surface area contributed by atoms with Gasteiger partial charge in [-0.15, -0.1) is 0 Å². The van der Waals surface area contributed by atoms with Crippen molar-refractivity contribution in [3.8, 4) is 0 Å². The average molecular weight is 399 g/mol. The number of rotatable bonds is 7. The van der Waals surface area contributed by atoms with Crippen LogP contribution in [0.1, 0.15) is 12.6 Å². The molecule has 11 nitrogen and oxygen atoms in total. The Labute approximate surface area is 157 Å². The van der Waals surface area contributed by atoms with Crippen molar-refractivity contribution in [2.75, 3.05) is 23.5 Å². The van der Waals surface area contributed by atoms with E-state index in [2.05, 4.69) is 15.0 Å². The largest absolute Gasteiger partial charge is 0.480 e. The first-order valence-electron chi connectivity index (χ1n) is 8.31. The molecule has 0 spiro atoms. The number of carbonyl (C=O) groups is 1. The van der Waals surface area contributed by atoms with Gasteiger partial charge in [-0.3, -0.25) is 9.36 Å². The first-order valence-corrected chi connectivity index (χ1v) is 10.3. The Morgan fingerprint density at radius 2 is 2.11 bits per heavy atom. The maximum absolute atomic E-state index is 10.8. The lowest BCUT2D eigenvalue weighted by Crippen LogP contribution is -2.37. The van der Waals surface area contributed by atoms with Crippen molar-refractivity contribution in [2.45, 2.75) is 37.0 Å². The van der Waals surface area contributed by atoms with Crippen LogP contribution in [0.4, 0.5) is 5.82 Å². The standard InChI is InChI=1S/C15H22N6O5S/c1-27(3-2-7(16)15(24)25)4-8-10(22)11(23)14(26-8)21-6-20-9-12(17)18-5-19-13(9)21/h5-8,10-11,14,22-23H,2-4,16H2,1H3,(H2-,17,18,19,24,25)/p+1/t7?,8?,10?,11?,14-,27?/m1/s1. The van der Waals surface area contributed by atoms with Gasteiger partial charge >= 0.3 is 5.97 Å². The molecule has 0 amide bonds. The summed E-state index contributed by atoms with van der Waals surface area (Å²) in [4.78, 5) is 23.0. The Balaban J connectivity index is 1.68. The number of aromatic nitrogens is 4. The molecule has 3 heterocycles. The molecule has 1 saturated heterocycles. The first kappa shape index (κ1) is 19.8. The van der Waals surface area contributed by atoms with E-state index in [0.717, 1.165) is 0 Å². The lowest BCUT2D eigenvalue weighted by Gasteiger charge is -2.16. The van der Waals surface area contributed by atoms with E-state index in [1.807, 2.05) is 6.26 Å². The Morgan fingerprint density at radius 3 is 2.81 bits per heavy atom. The predicted molar refractivity (Wildman–Crippen MR) is 98.9 cm³/mol. The summed E-state index contributed by atoms with van der Waals surface area (Å²) in [6, 6.07) is -0.907. The molecule has 0 saturated carbocycles. The highest BCUT2D eigenvalue weighted by molar-refractivity contribution is 7.96. The molecule has 1 aliphatic rings. The van der Waals surface area contributed by atoms with Crippen molar-refractivity contribution in [3.05, 3.63) is 12.7 Å². The van der Waals surface area contributed by atoms with Crippen molar-refractivity contribution in [2.24, 2.45) is 5.73 Å². The smallest absolute Gasteiger partial charge is 0.320 e. The number of nitrogen functional groups attached to an aromatic ring is 1. The second kappa shape index (κ2) is 7.94. The van der Waals surface area contributed by atoms with E-state index >= 15 is 0 Å². The number of fused-ring (bicyclic) bond motifs is 1. The molecule has 2 aromatic rings. The normalized spacial score (nSPS) is 27.7. The number of aliphatic hydroxyl groups is 2. The van der Waals surface area contributed by atoms with Gasteiger partial charge in [0, 0.05) is 6.42 Å². The quantitative estimate of drug-likeness (QED) is 0.329. The van der Waals surface area contributed by atoms with Crippen LogP contribution in [0.5, 0.6) is 0 Å². The van der Waals surface area contributed by atoms with Gasteiger partial charge in [-0.25, -0.2) is 15.0 Å². The van der Waals surface area contributed by atoms with Crippen LogP contribution in [0.3, 0.4) is 0 Å². The van der Waals surface area contributed by atoms with Crippen LogP contribution in [0.25, 0.3) is 11.2 Å². The molecule has 1 aliphatic heterocycles. The third kappa shape index (κ3) is 3.99. The third-order valence-corrected chi connectivity index (χ3v) is 6.37.